The number of carbonyl (C=O) groups is 1. The van der Waals surface area contributed by atoms with Gasteiger partial charge in [-0.25, -0.2) is 4.39 Å². The number of rotatable bonds is 4. The largest absolute Gasteiger partial charge is 0.493 e. The Morgan fingerprint density at radius 1 is 1.00 bits per heavy atom. The molecule has 21 heavy (non-hydrogen) atoms. The first kappa shape index (κ1) is 16.0. The van der Waals surface area contributed by atoms with Crippen molar-refractivity contribution >= 4 is 37.6 Å². The SMILES string of the molecule is COc1cc(Br)c(C(=O)c2cccc(Br)c2F)cc1OC. The van der Waals surface area contributed by atoms with E-state index in [4.69, 9.17) is 9.47 Å². The second-order valence-electron chi connectivity index (χ2n) is 4.12. The average molecular weight is 418 g/mol. The third-order valence-corrected chi connectivity index (χ3v) is 4.18. The minimum atomic E-state index is -0.593. The Hall–Kier alpha value is -1.40. The van der Waals surface area contributed by atoms with Gasteiger partial charge in [0.2, 0.25) is 0 Å². The summed E-state index contributed by atoms with van der Waals surface area (Å²) in [6, 6.07) is 7.71. The zero-order valence-electron chi connectivity index (χ0n) is 11.2. The Balaban J connectivity index is 2.56. The summed E-state index contributed by atoms with van der Waals surface area (Å²) in [4.78, 5) is 12.5. The van der Waals surface area contributed by atoms with Crippen molar-refractivity contribution in [1.29, 1.82) is 0 Å². The van der Waals surface area contributed by atoms with E-state index in [-0.39, 0.29) is 10.0 Å². The average Bonchev–Trinajstić information content (AvgIpc) is 2.49. The van der Waals surface area contributed by atoms with E-state index in [0.717, 1.165) is 0 Å². The molecule has 2 rings (SSSR count). The van der Waals surface area contributed by atoms with Crippen LogP contribution >= 0.6 is 31.9 Å². The van der Waals surface area contributed by atoms with Gasteiger partial charge in [-0.2, -0.15) is 0 Å². The summed E-state index contributed by atoms with van der Waals surface area (Å²) in [5.74, 6) is -0.152. The third-order valence-electron chi connectivity index (χ3n) is 2.91. The minimum absolute atomic E-state index is 0.0164. The van der Waals surface area contributed by atoms with Crippen LogP contribution in [0.3, 0.4) is 0 Å². The standard InChI is InChI=1S/C15H11Br2FO3/c1-20-12-6-9(11(17)7-13(12)21-2)15(19)8-4-3-5-10(16)14(8)18/h3-7H,1-2H3. The van der Waals surface area contributed by atoms with E-state index >= 15 is 0 Å². The molecule has 0 aliphatic carbocycles. The normalized spacial score (nSPS) is 10.3. The third kappa shape index (κ3) is 3.11. The Morgan fingerprint density at radius 3 is 2.24 bits per heavy atom. The van der Waals surface area contributed by atoms with Gasteiger partial charge in [-0.1, -0.05) is 6.07 Å². The fourth-order valence-corrected chi connectivity index (χ4v) is 2.72. The number of hydrogen-bond acceptors (Lipinski definition) is 3. The summed E-state index contributed by atoms with van der Waals surface area (Å²) in [6.07, 6.45) is 0. The summed E-state index contributed by atoms with van der Waals surface area (Å²) in [5, 5.41) is 0. The molecule has 0 atom stereocenters. The number of hydrogen-bond donors (Lipinski definition) is 0. The van der Waals surface area contributed by atoms with E-state index in [1.165, 1.54) is 32.4 Å². The fraction of sp³-hybridized carbons (Fsp3) is 0.133. The molecule has 0 aromatic heterocycles. The second-order valence-corrected chi connectivity index (χ2v) is 5.83. The molecule has 0 amide bonds. The van der Waals surface area contributed by atoms with Gasteiger partial charge in [0.1, 0.15) is 5.82 Å². The summed E-state index contributed by atoms with van der Waals surface area (Å²) in [6.45, 7) is 0. The molecule has 0 aliphatic heterocycles. The molecule has 2 aromatic rings. The van der Waals surface area contributed by atoms with Crippen LogP contribution in [0.2, 0.25) is 0 Å². The number of halogens is 3. The fourth-order valence-electron chi connectivity index (χ4n) is 1.85. The van der Waals surface area contributed by atoms with Crippen LogP contribution < -0.4 is 9.47 Å². The van der Waals surface area contributed by atoms with Crippen LogP contribution in [-0.4, -0.2) is 20.0 Å². The molecule has 0 bridgehead atoms. The lowest BCUT2D eigenvalue weighted by Gasteiger charge is -2.12. The van der Waals surface area contributed by atoms with E-state index in [2.05, 4.69) is 31.9 Å². The van der Waals surface area contributed by atoms with Crippen LogP contribution in [0.4, 0.5) is 4.39 Å². The highest BCUT2D eigenvalue weighted by atomic mass is 79.9. The number of carbonyl (C=O) groups excluding carboxylic acids is 1. The maximum atomic E-state index is 14.1. The van der Waals surface area contributed by atoms with Crippen molar-refractivity contribution in [3.63, 3.8) is 0 Å². The van der Waals surface area contributed by atoms with E-state index in [0.29, 0.717) is 21.5 Å². The molecule has 3 nitrogen and oxygen atoms in total. The highest BCUT2D eigenvalue weighted by Crippen LogP contribution is 2.35. The molecular weight excluding hydrogens is 407 g/mol. The van der Waals surface area contributed by atoms with Crippen molar-refractivity contribution in [1.82, 2.24) is 0 Å². The lowest BCUT2D eigenvalue weighted by molar-refractivity contribution is 0.103. The lowest BCUT2D eigenvalue weighted by atomic mass is 10.0. The minimum Gasteiger partial charge on any atom is -0.493 e. The summed E-state index contributed by atoms with van der Waals surface area (Å²) in [7, 11) is 2.97. The van der Waals surface area contributed by atoms with Crippen LogP contribution in [0.15, 0.2) is 39.3 Å². The smallest absolute Gasteiger partial charge is 0.197 e. The van der Waals surface area contributed by atoms with Crippen LogP contribution in [0.25, 0.3) is 0 Å². The zero-order valence-corrected chi connectivity index (χ0v) is 14.4. The molecule has 0 N–H and O–H groups in total. The highest BCUT2D eigenvalue weighted by molar-refractivity contribution is 9.10. The van der Waals surface area contributed by atoms with Gasteiger partial charge in [0.25, 0.3) is 0 Å². The first-order valence-electron chi connectivity index (χ1n) is 5.89. The summed E-state index contributed by atoms with van der Waals surface area (Å²) >= 11 is 6.37. The molecule has 0 spiro atoms. The quantitative estimate of drug-likeness (QED) is 0.682. The number of ether oxygens (including phenoxy) is 2. The van der Waals surface area contributed by atoms with E-state index in [1.807, 2.05) is 0 Å². The van der Waals surface area contributed by atoms with Crippen LogP contribution in [0.5, 0.6) is 11.5 Å². The number of benzene rings is 2. The van der Waals surface area contributed by atoms with E-state index in [9.17, 15) is 9.18 Å². The topological polar surface area (TPSA) is 35.5 Å². The Bertz CT molecular complexity index is 702. The molecule has 0 saturated heterocycles. The predicted octanol–water partition coefficient (Wildman–Crippen LogP) is 4.60. The first-order valence-corrected chi connectivity index (χ1v) is 7.48. The molecule has 0 radical (unpaired) electrons. The maximum Gasteiger partial charge on any atom is 0.197 e. The lowest BCUT2D eigenvalue weighted by Crippen LogP contribution is -2.06. The molecular formula is C15H11Br2FO3. The van der Waals surface area contributed by atoms with E-state index < -0.39 is 11.6 Å². The Kier molecular flexibility index (Phi) is 5.00. The molecule has 0 heterocycles. The molecule has 2 aromatic carbocycles. The monoisotopic (exact) mass is 416 g/mol. The van der Waals surface area contributed by atoms with Gasteiger partial charge < -0.3 is 9.47 Å². The van der Waals surface area contributed by atoms with Crippen molar-refractivity contribution in [2.45, 2.75) is 0 Å². The van der Waals surface area contributed by atoms with Gasteiger partial charge in [0, 0.05) is 10.0 Å². The van der Waals surface area contributed by atoms with Gasteiger partial charge in [-0.05, 0) is 56.1 Å². The van der Waals surface area contributed by atoms with Crippen molar-refractivity contribution in [3.05, 3.63) is 56.2 Å². The summed E-state index contributed by atoms with van der Waals surface area (Å²) < 4.78 is 25.1. The molecule has 0 saturated carbocycles. The zero-order chi connectivity index (χ0) is 15.6. The number of ketones is 1. The van der Waals surface area contributed by atoms with Crippen molar-refractivity contribution in [2.24, 2.45) is 0 Å². The van der Waals surface area contributed by atoms with Gasteiger partial charge in [-0.15, -0.1) is 0 Å². The van der Waals surface area contributed by atoms with Crippen molar-refractivity contribution in [2.75, 3.05) is 14.2 Å². The molecule has 0 unspecified atom stereocenters. The predicted molar refractivity (Wildman–Crippen MR) is 84.8 cm³/mol. The Labute approximate surface area is 138 Å². The van der Waals surface area contributed by atoms with Crippen LogP contribution in [0, 0.1) is 5.82 Å². The molecule has 110 valence electrons. The van der Waals surface area contributed by atoms with Gasteiger partial charge >= 0.3 is 0 Å². The van der Waals surface area contributed by atoms with Gasteiger partial charge in [0.15, 0.2) is 17.3 Å². The number of methoxy groups -OCH3 is 2. The molecule has 6 heteroatoms. The van der Waals surface area contributed by atoms with Gasteiger partial charge in [-0.3, -0.25) is 4.79 Å². The molecule has 0 aliphatic rings. The van der Waals surface area contributed by atoms with Crippen LogP contribution in [0.1, 0.15) is 15.9 Å². The maximum absolute atomic E-state index is 14.1. The first-order chi connectivity index (χ1) is 9.99. The van der Waals surface area contributed by atoms with Gasteiger partial charge in [0.05, 0.1) is 24.3 Å². The Morgan fingerprint density at radius 2 is 1.62 bits per heavy atom. The highest BCUT2D eigenvalue weighted by Gasteiger charge is 2.20. The van der Waals surface area contributed by atoms with E-state index in [1.54, 1.807) is 12.1 Å². The van der Waals surface area contributed by atoms with Crippen LogP contribution in [-0.2, 0) is 0 Å². The summed E-state index contributed by atoms with van der Waals surface area (Å²) in [5.41, 5.74) is 0.280. The second kappa shape index (κ2) is 6.58. The molecule has 0 fully saturated rings. The van der Waals surface area contributed by atoms with Crippen molar-refractivity contribution in [3.8, 4) is 11.5 Å². The van der Waals surface area contributed by atoms with Crippen molar-refractivity contribution < 1.29 is 18.7 Å².